The SMILES string of the molecule is CC(=O)Nc1ccc(C#Cc2cc(C(=O)Nc3cc(-n4ccnc4)cc(C(F)(F)F)c3)ccc2C)nn1. The van der Waals surface area contributed by atoms with Crippen LogP contribution in [0.5, 0.6) is 0 Å². The summed E-state index contributed by atoms with van der Waals surface area (Å²) in [6.45, 7) is 3.16. The molecule has 0 spiro atoms. The van der Waals surface area contributed by atoms with Gasteiger partial charge >= 0.3 is 6.18 Å². The number of halogens is 3. The van der Waals surface area contributed by atoms with Crippen LogP contribution < -0.4 is 10.6 Å². The molecular weight excluding hydrogens is 485 g/mol. The average Bonchev–Trinajstić information content (AvgIpc) is 3.38. The van der Waals surface area contributed by atoms with Gasteiger partial charge in [0.1, 0.15) is 5.69 Å². The van der Waals surface area contributed by atoms with Gasteiger partial charge in [-0.3, -0.25) is 9.59 Å². The van der Waals surface area contributed by atoms with E-state index in [1.54, 1.807) is 37.3 Å². The van der Waals surface area contributed by atoms with E-state index in [2.05, 4.69) is 37.7 Å². The summed E-state index contributed by atoms with van der Waals surface area (Å²) in [6, 6.07) is 11.2. The minimum Gasteiger partial charge on any atom is -0.322 e. The number of nitrogens with one attached hydrogen (secondary N) is 2. The predicted octanol–water partition coefficient (Wildman–Crippen LogP) is 4.60. The van der Waals surface area contributed by atoms with Crippen molar-refractivity contribution < 1.29 is 22.8 Å². The monoisotopic (exact) mass is 504 g/mol. The predicted molar refractivity (Wildman–Crippen MR) is 130 cm³/mol. The quantitative estimate of drug-likeness (QED) is 0.396. The number of benzene rings is 2. The van der Waals surface area contributed by atoms with Gasteiger partial charge in [0.2, 0.25) is 5.91 Å². The van der Waals surface area contributed by atoms with Crippen LogP contribution in [0.2, 0.25) is 0 Å². The number of amides is 2. The van der Waals surface area contributed by atoms with Crippen LogP contribution in [0.4, 0.5) is 24.7 Å². The lowest BCUT2D eigenvalue weighted by molar-refractivity contribution is -0.137. The van der Waals surface area contributed by atoms with Crippen molar-refractivity contribution in [2.45, 2.75) is 20.0 Å². The number of alkyl halides is 3. The summed E-state index contributed by atoms with van der Waals surface area (Å²) in [5.74, 6) is 5.19. The van der Waals surface area contributed by atoms with Crippen molar-refractivity contribution in [2.75, 3.05) is 10.6 Å². The molecule has 2 aromatic carbocycles. The first kappa shape index (κ1) is 25.1. The van der Waals surface area contributed by atoms with Gasteiger partial charge in [0.15, 0.2) is 5.82 Å². The van der Waals surface area contributed by atoms with Crippen LogP contribution in [-0.2, 0) is 11.0 Å². The van der Waals surface area contributed by atoms with Gasteiger partial charge in [-0.25, -0.2) is 4.98 Å². The van der Waals surface area contributed by atoms with E-state index >= 15 is 0 Å². The maximum Gasteiger partial charge on any atom is 0.416 e. The van der Waals surface area contributed by atoms with Crippen LogP contribution in [0.25, 0.3) is 5.69 Å². The molecule has 2 heterocycles. The van der Waals surface area contributed by atoms with Crippen molar-refractivity contribution in [3.63, 3.8) is 0 Å². The molecular formula is C26H19F3N6O2. The maximum atomic E-state index is 13.5. The van der Waals surface area contributed by atoms with Gasteiger partial charge in [-0.05, 0) is 60.9 Å². The lowest BCUT2D eigenvalue weighted by atomic mass is 10.0. The molecule has 4 aromatic rings. The Bertz CT molecular complexity index is 1520. The fourth-order valence-electron chi connectivity index (χ4n) is 3.29. The average molecular weight is 504 g/mol. The highest BCUT2D eigenvalue weighted by molar-refractivity contribution is 6.04. The topological polar surface area (TPSA) is 102 Å². The number of hydrogen-bond donors (Lipinski definition) is 2. The largest absolute Gasteiger partial charge is 0.416 e. The fourth-order valence-corrected chi connectivity index (χ4v) is 3.29. The Balaban J connectivity index is 1.58. The van der Waals surface area contributed by atoms with Crippen molar-refractivity contribution in [2.24, 2.45) is 0 Å². The van der Waals surface area contributed by atoms with E-state index in [0.717, 1.165) is 17.7 Å². The second-order valence-corrected chi connectivity index (χ2v) is 7.96. The minimum absolute atomic E-state index is 0.0220. The number of imidazole rings is 1. The van der Waals surface area contributed by atoms with Gasteiger partial charge < -0.3 is 15.2 Å². The number of hydrogen-bond acceptors (Lipinski definition) is 5. The third-order valence-corrected chi connectivity index (χ3v) is 5.10. The van der Waals surface area contributed by atoms with Crippen LogP contribution in [0.1, 0.15) is 39.7 Å². The number of anilines is 2. The van der Waals surface area contributed by atoms with E-state index in [1.807, 2.05) is 0 Å². The van der Waals surface area contributed by atoms with Crippen LogP contribution in [-0.4, -0.2) is 31.6 Å². The maximum absolute atomic E-state index is 13.5. The molecule has 2 N–H and O–H groups in total. The first-order valence-electron chi connectivity index (χ1n) is 10.8. The van der Waals surface area contributed by atoms with Gasteiger partial charge in [-0.15, -0.1) is 10.2 Å². The summed E-state index contributed by atoms with van der Waals surface area (Å²) in [5.41, 5.74) is 1.14. The third kappa shape index (κ3) is 6.37. The summed E-state index contributed by atoms with van der Waals surface area (Å²) < 4.78 is 41.8. The highest BCUT2D eigenvalue weighted by atomic mass is 19.4. The zero-order chi connectivity index (χ0) is 26.6. The molecule has 0 aliphatic rings. The Morgan fingerprint density at radius 3 is 2.43 bits per heavy atom. The van der Waals surface area contributed by atoms with E-state index < -0.39 is 17.6 Å². The van der Waals surface area contributed by atoms with E-state index in [1.165, 1.54) is 36.3 Å². The third-order valence-electron chi connectivity index (χ3n) is 5.10. The molecule has 8 nitrogen and oxygen atoms in total. The molecule has 0 saturated carbocycles. The molecule has 0 unspecified atom stereocenters. The van der Waals surface area contributed by atoms with Crippen molar-refractivity contribution in [1.82, 2.24) is 19.7 Å². The summed E-state index contributed by atoms with van der Waals surface area (Å²) in [5, 5.41) is 12.8. The standard InChI is InChI=1S/C26H19F3N6O2/c1-16-3-4-19(11-18(16)5-6-21-7-8-24(34-33-21)31-17(2)36)25(37)32-22-12-20(26(27,28)29)13-23(14-22)35-10-9-30-15-35/h3-4,7-15H,1-2H3,(H,32,37)(H,31,34,36). The second kappa shape index (κ2) is 10.3. The highest BCUT2D eigenvalue weighted by Gasteiger charge is 2.31. The first-order chi connectivity index (χ1) is 17.6. The van der Waals surface area contributed by atoms with E-state index in [9.17, 15) is 22.8 Å². The molecule has 11 heteroatoms. The molecule has 0 bridgehead atoms. The first-order valence-corrected chi connectivity index (χ1v) is 10.8. The Labute approximate surface area is 209 Å². The van der Waals surface area contributed by atoms with Gasteiger partial charge in [-0.2, -0.15) is 13.2 Å². The molecule has 0 radical (unpaired) electrons. The Kier molecular flexibility index (Phi) is 7.01. The number of aryl methyl sites for hydroxylation is 1. The lowest BCUT2D eigenvalue weighted by Gasteiger charge is -2.14. The summed E-state index contributed by atoms with van der Waals surface area (Å²) in [7, 11) is 0. The number of carbonyl (C=O) groups is 2. The molecule has 0 aliphatic carbocycles. The molecule has 0 aliphatic heterocycles. The van der Waals surface area contributed by atoms with Gasteiger partial charge in [0.05, 0.1) is 11.9 Å². The molecule has 0 saturated heterocycles. The number of carbonyl (C=O) groups excluding carboxylic acids is 2. The number of nitrogens with zero attached hydrogens (tertiary/aromatic N) is 4. The van der Waals surface area contributed by atoms with Crippen molar-refractivity contribution in [1.29, 1.82) is 0 Å². The minimum atomic E-state index is -4.61. The van der Waals surface area contributed by atoms with Crippen molar-refractivity contribution in [3.05, 3.63) is 95.2 Å². The normalized spacial score (nSPS) is 10.8. The Hall–Kier alpha value is -4.98. The zero-order valence-corrected chi connectivity index (χ0v) is 19.6. The number of aromatic nitrogens is 4. The van der Waals surface area contributed by atoms with Gasteiger partial charge in [0.25, 0.3) is 5.91 Å². The molecule has 0 atom stereocenters. The highest BCUT2D eigenvalue weighted by Crippen LogP contribution is 2.33. The fraction of sp³-hybridized carbons (Fsp3) is 0.115. The molecule has 4 rings (SSSR count). The van der Waals surface area contributed by atoms with Crippen molar-refractivity contribution >= 4 is 23.3 Å². The van der Waals surface area contributed by atoms with E-state index in [-0.39, 0.29) is 22.8 Å². The van der Waals surface area contributed by atoms with Gasteiger partial charge in [0, 0.05) is 41.8 Å². The summed E-state index contributed by atoms with van der Waals surface area (Å²) in [4.78, 5) is 27.9. The number of rotatable bonds is 4. The summed E-state index contributed by atoms with van der Waals surface area (Å²) in [6.07, 6.45) is -0.296. The molecule has 37 heavy (non-hydrogen) atoms. The lowest BCUT2D eigenvalue weighted by Crippen LogP contribution is -2.14. The van der Waals surface area contributed by atoms with Crippen LogP contribution in [0, 0.1) is 18.8 Å². The molecule has 0 fully saturated rings. The van der Waals surface area contributed by atoms with Gasteiger partial charge in [-0.1, -0.05) is 12.0 Å². The molecule has 2 aromatic heterocycles. The molecule has 186 valence electrons. The Morgan fingerprint density at radius 1 is 0.973 bits per heavy atom. The second-order valence-electron chi connectivity index (χ2n) is 7.96. The smallest absolute Gasteiger partial charge is 0.322 e. The Morgan fingerprint density at radius 2 is 1.78 bits per heavy atom. The van der Waals surface area contributed by atoms with Crippen LogP contribution >= 0.6 is 0 Å². The van der Waals surface area contributed by atoms with Crippen LogP contribution in [0.3, 0.4) is 0 Å². The molecule has 2 amide bonds. The van der Waals surface area contributed by atoms with Crippen molar-refractivity contribution in [3.8, 4) is 17.5 Å². The van der Waals surface area contributed by atoms with Crippen LogP contribution in [0.15, 0.2) is 67.3 Å². The summed E-state index contributed by atoms with van der Waals surface area (Å²) >= 11 is 0. The van der Waals surface area contributed by atoms with E-state index in [4.69, 9.17) is 0 Å². The van der Waals surface area contributed by atoms with E-state index in [0.29, 0.717) is 17.1 Å². The zero-order valence-electron chi connectivity index (χ0n) is 19.6.